The Labute approximate surface area is 127 Å². The molecule has 2 rings (SSSR count). The summed E-state index contributed by atoms with van der Waals surface area (Å²) >= 11 is 0. The molecule has 0 bridgehead atoms. The van der Waals surface area contributed by atoms with E-state index in [9.17, 15) is 0 Å². The molecule has 21 heavy (non-hydrogen) atoms. The number of hydrogen-bond acceptors (Lipinski definition) is 3. The summed E-state index contributed by atoms with van der Waals surface area (Å²) in [6.45, 7) is 6.63. The van der Waals surface area contributed by atoms with E-state index in [0.717, 1.165) is 51.4 Å². The first kappa shape index (κ1) is 15.9. The van der Waals surface area contributed by atoms with Gasteiger partial charge in [0.25, 0.3) is 0 Å². The van der Waals surface area contributed by atoms with Crippen molar-refractivity contribution in [2.75, 3.05) is 33.4 Å². The van der Waals surface area contributed by atoms with E-state index in [1.807, 2.05) is 0 Å². The van der Waals surface area contributed by atoms with E-state index >= 15 is 0 Å². The molecule has 1 heterocycles. The molecule has 0 atom stereocenters. The molecule has 116 valence electrons. The maximum absolute atomic E-state index is 5.68. The summed E-state index contributed by atoms with van der Waals surface area (Å²) in [7, 11) is 1.73. The fourth-order valence-electron chi connectivity index (χ4n) is 2.36. The minimum atomic E-state index is 0.771. The topological polar surface area (TPSA) is 35.4 Å². The molecule has 0 saturated carbocycles. The van der Waals surface area contributed by atoms with Gasteiger partial charge < -0.3 is 19.4 Å². The van der Waals surface area contributed by atoms with E-state index < -0.39 is 0 Å². The van der Waals surface area contributed by atoms with Crippen LogP contribution in [0.3, 0.4) is 0 Å². The number of rotatable bonds is 10. The molecule has 1 aromatic carbocycles. The smallest absolute Gasteiger partial charge is 0.120 e. The second kappa shape index (κ2) is 8.70. The van der Waals surface area contributed by atoms with Crippen LogP contribution in [0.2, 0.25) is 0 Å². The Kier molecular flexibility index (Phi) is 6.57. The summed E-state index contributed by atoms with van der Waals surface area (Å²) in [6.07, 6.45) is 4.31. The van der Waals surface area contributed by atoms with Crippen molar-refractivity contribution < 1.29 is 9.47 Å². The van der Waals surface area contributed by atoms with E-state index in [1.54, 1.807) is 7.11 Å². The highest BCUT2D eigenvalue weighted by atomic mass is 16.5. The van der Waals surface area contributed by atoms with Crippen LogP contribution in [-0.4, -0.2) is 38.0 Å². The minimum Gasteiger partial charge on any atom is -0.494 e. The molecular weight excluding hydrogens is 264 g/mol. The molecule has 0 aliphatic carbocycles. The number of nitrogens with zero attached hydrogens (tertiary/aromatic N) is 1. The molecule has 0 unspecified atom stereocenters. The van der Waals surface area contributed by atoms with E-state index in [-0.39, 0.29) is 0 Å². The minimum absolute atomic E-state index is 0.771. The lowest BCUT2D eigenvalue weighted by Gasteiger charge is -2.08. The van der Waals surface area contributed by atoms with E-state index in [1.165, 1.54) is 10.9 Å². The molecule has 4 heteroatoms. The number of aryl methyl sites for hydroxylation is 1. The first-order chi connectivity index (χ1) is 10.3. The Morgan fingerprint density at radius 3 is 2.86 bits per heavy atom. The monoisotopic (exact) mass is 290 g/mol. The zero-order valence-corrected chi connectivity index (χ0v) is 13.1. The number of nitrogens with one attached hydrogen (secondary N) is 1. The second-order valence-corrected chi connectivity index (χ2v) is 5.17. The van der Waals surface area contributed by atoms with Gasteiger partial charge >= 0.3 is 0 Å². The number of hydrogen-bond donors (Lipinski definition) is 1. The zero-order valence-electron chi connectivity index (χ0n) is 13.1. The van der Waals surface area contributed by atoms with Crippen LogP contribution >= 0.6 is 0 Å². The molecule has 1 N–H and O–H groups in total. The average Bonchev–Trinajstić information content (AvgIpc) is 2.91. The SMILES string of the molecule is CCCOc1ccc2c(ccn2CCCNCCOC)c1. The number of methoxy groups -OCH3 is 1. The van der Waals surface area contributed by atoms with Gasteiger partial charge in [-0.25, -0.2) is 0 Å². The number of ether oxygens (including phenoxy) is 2. The third-order valence-corrected chi connectivity index (χ3v) is 3.45. The van der Waals surface area contributed by atoms with Crippen molar-refractivity contribution in [3.63, 3.8) is 0 Å². The lowest BCUT2D eigenvalue weighted by atomic mass is 10.2. The van der Waals surface area contributed by atoms with Gasteiger partial charge in [-0.2, -0.15) is 0 Å². The summed E-state index contributed by atoms with van der Waals surface area (Å²) < 4.78 is 13.0. The standard InChI is InChI=1S/C17H26N2O2/c1-3-12-21-16-5-6-17-15(14-16)7-11-19(17)10-4-8-18-9-13-20-2/h5-7,11,14,18H,3-4,8-10,12-13H2,1-2H3. The van der Waals surface area contributed by atoms with Crippen LogP contribution in [0.1, 0.15) is 19.8 Å². The van der Waals surface area contributed by atoms with Crippen LogP contribution in [0.5, 0.6) is 5.75 Å². The van der Waals surface area contributed by atoms with Crippen LogP contribution in [-0.2, 0) is 11.3 Å². The van der Waals surface area contributed by atoms with Gasteiger partial charge in [0.05, 0.1) is 13.2 Å². The van der Waals surface area contributed by atoms with Gasteiger partial charge in [0, 0.05) is 37.3 Å². The van der Waals surface area contributed by atoms with E-state index in [4.69, 9.17) is 9.47 Å². The zero-order chi connectivity index (χ0) is 14.9. The Morgan fingerprint density at radius 1 is 1.14 bits per heavy atom. The number of fused-ring (bicyclic) bond motifs is 1. The van der Waals surface area contributed by atoms with Crippen molar-refractivity contribution in [2.24, 2.45) is 0 Å². The van der Waals surface area contributed by atoms with E-state index in [2.05, 4.69) is 47.3 Å². The van der Waals surface area contributed by atoms with Crippen molar-refractivity contribution in [2.45, 2.75) is 26.3 Å². The predicted molar refractivity (Wildman–Crippen MR) is 87.1 cm³/mol. The molecule has 0 fully saturated rings. The average molecular weight is 290 g/mol. The summed E-state index contributed by atoms with van der Waals surface area (Å²) in [5.74, 6) is 0.961. The molecule has 0 radical (unpaired) electrons. The Hall–Kier alpha value is -1.52. The maximum atomic E-state index is 5.68. The molecule has 1 aromatic heterocycles. The largest absolute Gasteiger partial charge is 0.494 e. The summed E-state index contributed by atoms with van der Waals surface area (Å²) in [6, 6.07) is 8.49. The first-order valence-electron chi connectivity index (χ1n) is 7.76. The third-order valence-electron chi connectivity index (χ3n) is 3.45. The fraction of sp³-hybridized carbons (Fsp3) is 0.529. The highest BCUT2D eigenvalue weighted by molar-refractivity contribution is 5.81. The molecule has 0 amide bonds. The van der Waals surface area contributed by atoms with Gasteiger partial charge in [0.15, 0.2) is 0 Å². The molecule has 0 saturated heterocycles. The Balaban J connectivity index is 1.86. The van der Waals surface area contributed by atoms with Crippen molar-refractivity contribution >= 4 is 10.9 Å². The van der Waals surface area contributed by atoms with Crippen LogP contribution in [0.25, 0.3) is 10.9 Å². The normalized spacial score (nSPS) is 11.1. The first-order valence-corrected chi connectivity index (χ1v) is 7.76. The number of aromatic nitrogens is 1. The van der Waals surface area contributed by atoms with Crippen molar-refractivity contribution in [1.29, 1.82) is 0 Å². The fourth-order valence-corrected chi connectivity index (χ4v) is 2.36. The lowest BCUT2D eigenvalue weighted by molar-refractivity contribution is 0.199. The van der Waals surface area contributed by atoms with E-state index in [0.29, 0.717) is 0 Å². The summed E-state index contributed by atoms with van der Waals surface area (Å²) in [5, 5.41) is 4.62. The molecule has 2 aromatic rings. The quantitative estimate of drug-likeness (QED) is 0.683. The van der Waals surface area contributed by atoms with Gasteiger partial charge in [-0.05, 0) is 43.7 Å². The Morgan fingerprint density at radius 2 is 2.05 bits per heavy atom. The molecule has 0 spiro atoms. The van der Waals surface area contributed by atoms with Crippen molar-refractivity contribution in [1.82, 2.24) is 9.88 Å². The Bertz CT molecular complexity index is 537. The molecule has 0 aliphatic heterocycles. The van der Waals surface area contributed by atoms with Crippen LogP contribution in [0.15, 0.2) is 30.5 Å². The van der Waals surface area contributed by atoms with Crippen molar-refractivity contribution in [3.05, 3.63) is 30.5 Å². The van der Waals surface area contributed by atoms with Crippen LogP contribution in [0.4, 0.5) is 0 Å². The maximum Gasteiger partial charge on any atom is 0.120 e. The van der Waals surface area contributed by atoms with Gasteiger partial charge in [-0.15, -0.1) is 0 Å². The highest BCUT2D eigenvalue weighted by Crippen LogP contribution is 2.22. The molecule has 4 nitrogen and oxygen atoms in total. The van der Waals surface area contributed by atoms with Gasteiger partial charge in [-0.3, -0.25) is 0 Å². The van der Waals surface area contributed by atoms with Gasteiger partial charge in [-0.1, -0.05) is 6.92 Å². The van der Waals surface area contributed by atoms with Crippen LogP contribution in [0, 0.1) is 0 Å². The lowest BCUT2D eigenvalue weighted by Crippen LogP contribution is -2.21. The van der Waals surface area contributed by atoms with Crippen LogP contribution < -0.4 is 10.1 Å². The number of benzene rings is 1. The highest BCUT2D eigenvalue weighted by Gasteiger charge is 2.02. The predicted octanol–water partition coefficient (Wildman–Crippen LogP) is 3.06. The summed E-state index contributed by atoms with van der Waals surface area (Å²) in [4.78, 5) is 0. The molecular formula is C17H26N2O2. The summed E-state index contributed by atoms with van der Waals surface area (Å²) in [5.41, 5.74) is 1.27. The van der Waals surface area contributed by atoms with Gasteiger partial charge in [0.1, 0.15) is 5.75 Å². The second-order valence-electron chi connectivity index (χ2n) is 5.17. The van der Waals surface area contributed by atoms with Crippen molar-refractivity contribution in [3.8, 4) is 5.75 Å². The third kappa shape index (κ3) is 4.76. The molecule has 0 aliphatic rings. The van der Waals surface area contributed by atoms with Gasteiger partial charge in [0.2, 0.25) is 0 Å².